The first-order valence-electron chi connectivity index (χ1n) is 9.07. The van der Waals surface area contributed by atoms with Crippen molar-refractivity contribution < 1.29 is 9.47 Å². The van der Waals surface area contributed by atoms with Gasteiger partial charge in [-0.25, -0.2) is 4.98 Å². The van der Waals surface area contributed by atoms with Gasteiger partial charge >= 0.3 is 0 Å². The molecule has 0 atom stereocenters. The Morgan fingerprint density at radius 1 is 1.28 bits per heavy atom. The first-order valence-corrected chi connectivity index (χ1v) is 9.86. The van der Waals surface area contributed by atoms with Crippen LogP contribution < -0.4 is 15.0 Å². The number of terminal acetylenes is 1. The molecule has 0 spiro atoms. The number of halogens is 1. The molecule has 0 bridgehead atoms. The van der Waals surface area contributed by atoms with E-state index in [2.05, 4.69) is 31.9 Å². The molecular formula is C22H20BrN3O3. The fourth-order valence-corrected chi connectivity index (χ4v) is 3.19. The molecule has 0 unspecified atom stereocenters. The fraction of sp³-hybridized carbons (Fsp3) is 0.227. The first kappa shape index (κ1) is 20.6. The third-order valence-corrected chi connectivity index (χ3v) is 4.66. The van der Waals surface area contributed by atoms with Crippen molar-refractivity contribution >= 4 is 33.0 Å². The number of nitrogens with zero attached hydrogens (tertiary/aromatic N) is 3. The molecule has 148 valence electrons. The van der Waals surface area contributed by atoms with Crippen molar-refractivity contribution in [3.05, 3.63) is 62.6 Å². The molecule has 0 saturated heterocycles. The van der Waals surface area contributed by atoms with Gasteiger partial charge in [0, 0.05) is 10.9 Å². The van der Waals surface area contributed by atoms with Gasteiger partial charge in [-0.2, -0.15) is 9.78 Å². The minimum absolute atomic E-state index is 0.151. The highest BCUT2D eigenvalue weighted by atomic mass is 79.9. The molecule has 3 aromatic rings. The van der Waals surface area contributed by atoms with Crippen LogP contribution in [0.1, 0.15) is 24.7 Å². The fourth-order valence-electron chi connectivity index (χ4n) is 2.83. The zero-order chi connectivity index (χ0) is 20.8. The molecule has 0 amide bonds. The molecule has 0 N–H and O–H groups in total. The van der Waals surface area contributed by atoms with E-state index in [0.717, 1.165) is 16.5 Å². The molecule has 0 fully saturated rings. The second kappa shape index (κ2) is 9.39. The van der Waals surface area contributed by atoms with Crippen LogP contribution in [0.2, 0.25) is 0 Å². The summed E-state index contributed by atoms with van der Waals surface area (Å²) in [5, 5.41) is 4.92. The number of methoxy groups -OCH3 is 1. The lowest BCUT2D eigenvalue weighted by Crippen LogP contribution is -2.22. The van der Waals surface area contributed by atoms with Crippen LogP contribution in [0, 0.1) is 12.3 Å². The van der Waals surface area contributed by atoms with Crippen LogP contribution in [0.4, 0.5) is 0 Å². The third-order valence-electron chi connectivity index (χ3n) is 4.17. The molecule has 29 heavy (non-hydrogen) atoms. The van der Waals surface area contributed by atoms with E-state index in [1.165, 1.54) is 4.68 Å². The normalized spacial score (nSPS) is 11.0. The first-order chi connectivity index (χ1) is 14.1. The molecule has 1 heterocycles. The standard InChI is InChI=1S/C22H20BrN3O3/c1-4-6-21-25-18-9-8-16(23)13-17(18)22(27)26(21)24-14-15-7-10-19(29-11-5-2)20(12-15)28-3/h2,7-10,12-14H,4,6,11H2,1,3H3. The summed E-state index contributed by atoms with van der Waals surface area (Å²) in [4.78, 5) is 17.6. The summed E-state index contributed by atoms with van der Waals surface area (Å²) in [7, 11) is 1.55. The van der Waals surface area contributed by atoms with Crippen LogP contribution in [0.25, 0.3) is 10.9 Å². The Hall–Kier alpha value is -3.11. The van der Waals surface area contributed by atoms with Crippen molar-refractivity contribution in [2.75, 3.05) is 13.7 Å². The topological polar surface area (TPSA) is 65.7 Å². The average molecular weight is 454 g/mol. The van der Waals surface area contributed by atoms with E-state index in [1.807, 2.05) is 25.1 Å². The van der Waals surface area contributed by atoms with Crippen LogP contribution in [-0.2, 0) is 6.42 Å². The Morgan fingerprint density at radius 2 is 2.10 bits per heavy atom. The Labute approximate surface area is 177 Å². The zero-order valence-electron chi connectivity index (χ0n) is 16.2. The largest absolute Gasteiger partial charge is 0.493 e. The highest BCUT2D eigenvalue weighted by molar-refractivity contribution is 9.10. The lowest BCUT2D eigenvalue weighted by molar-refractivity contribution is 0.331. The SMILES string of the molecule is C#CCOc1ccc(C=Nn2c(CCC)nc3ccc(Br)cc3c2=O)cc1OC. The van der Waals surface area contributed by atoms with E-state index in [0.29, 0.717) is 34.6 Å². The molecule has 0 aliphatic rings. The minimum Gasteiger partial charge on any atom is -0.493 e. The zero-order valence-corrected chi connectivity index (χ0v) is 17.8. The number of aromatic nitrogens is 2. The van der Waals surface area contributed by atoms with Gasteiger partial charge < -0.3 is 9.47 Å². The predicted octanol–water partition coefficient (Wildman–Crippen LogP) is 4.01. The number of aryl methyl sites for hydroxylation is 1. The van der Waals surface area contributed by atoms with E-state index in [9.17, 15) is 4.79 Å². The summed E-state index contributed by atoms with van der Waals surface area (Å²) in [6, 6.07) is 10.8. The quantitative estimate of drug-likeness (QED) is 0.400. The van der Waals surface area contributed by atoms with E-state index in [1.54, 1.807) is 31.5 Å². The predicted molar refractivity (Wildman–Crippen MR) is 118 cm³/mol. The van der Waals surface area contributed by atoms with Gasteiger partial charge in [0.1, 0.15) is 12.4 Å². The smallest absolute Gasteiger partial charge is 0.282 e. The Bertz CT molecular complexity index is 1160. The maximum atomic E-state index is 13.0. The van der Waals surface area contributed by atoms with Gasteiger partial charge in [0.05, 0.1) is 24.2 Å². The number of rotatable bonds is 7. The monoisotopic (exact) mass is 453 g/mol. The second-order valence-electron chi connectivity index (χ2n) is 6.20. The number of hydrogen-bond acceptors (Lipinski definition) is 5. The van der Waals surface area contributed by atoms with Gasteiger partial charge in [0.15, 0.2) is 11.5 Å². The Balaban J connectivity index is 2.03. The molecule has 0 radical (unpaired) electrons. The maximum absolute atomic E-state index is 13.0. The van der Waals surface area contributed by atoms with Crippen molar-refractivity contribution in [3.8, 4) is 23.8 Å². The lowest BCUT2D eigenvalue weighted by Gasteiger charge is -2.10. The van der Waals surface area contributed by atoms with Crippen LogP contribution in [0.3, 0.4) is 0 Å². The summed E-state index contributed by atoms with van der Waals surface area (Å²) in [5.74, 6) is 4.11. The highest BCUT2D eigenvalue weighted by Gasteiger charge is 2.11. The van der Waals surface area contributed by atoms with E-state index in [4.69, 9.17) is 15.9 Å². The number of ether oxygens (including phenoxy) is 2. The minimum atomic E-state index is -0.211. The summed E-state index contributed by atoms with van der Waals surface area (Å²) in [5.41, 5.74) is 1.19. The number of fused-ring (bicyclic) bond motifs is 1. The van der Waals surface area contributed by atoms with Gasteiger partial charge in [0.2, 0.25) is 0 Å². The van der Waals surface area contributed by atoms with Crippen molar-refractivity contribution in [1.29, 1.82) is 0 Å². The second-order valence-corrected chi connectivity index (χ2v) is 7.12. The van der Waals surface area contributed by atoms with Crippen LogP contribution >= 0.6 is 15.9 Å². The van der Waals surface area contributed by atoms with E-state index < -0.39 is 0 Å². The third kappa shape index (κ3) is 4.66. The summed E-state index contributed by atoms with van der Waals surface area (Å²) >= 11 is 3.40. The molecule has 6 nitrogen and oxygen atoms in total. The van der Waals surface area contributed by atoms with Crippen molar-refractivity contribution in [2.45, 2.75) is 19.8 Å². The molecule has 0 aliphatic carbocycles. The van der Waals surface area contributed by atoms with Crippen molar-refractivity contribution in [1.82, 2.24) is 9.66 Å². The van der Waals surface area contributed by atoms with Crippen LogP contribution in [-0.4, -0.2) is 29.6 Å². The molecule has 2 aromatic carbocycles. The van der Waals surface area contributed by atoms with Crippen LogP contribution in [0.5, 0.6) is 11.5 Å². The molecule has 0 aliphatic heterocycles. The Morgan fingerprint density at radius 3 is 2.83 bits per heavy atom. The molecule has 0 saturated carbocycles. The number of benzene rings is 2. The maximum Gasteiger partial charge on any atom is 0.282 e. The Kier molecular flexibility index (Phi) is 6.68. The van der Waals surface area contributed by atoms with Crippen molar-refractivity contribution in [2.24, 2.45) is 5.10 Å². The lowest BCUT2D eigenvalue weighted by atomic mass is 10.2. The highest BCUT2D eigenvalue weighted by Crippen LogP contribution is 2.27. The van der Waals surface area contributed by atoms with Gasteiger partial charge in [0.25, 0.3) is 5.56 Å². The van der Waals surface area contributed by atoms with Crippen LogP contribution in [0.15, 0.2) is 50.8 Å². The molecule has 1 aromatic heterocycles. The summed E-state index contributed by atoms with van der Waals surface area (Å²) in [6.45, 7) is 2.18. The van der Waals surface area contributed by atoms with Gasteiger partial charge in [-0.3, -0.25) is 4.79 Å². The molecule has 3 rings (SSSR count). The van der Waals surface area contributed by atoms with Gasteiger partial charge in [-0.05, 0) is 48.4 Å². The molecular weight excluding hydrogens is 434 g/mol. The molecule has 7 heteroatoms. The summed E-state index contributed by atoms with van der Waals surface area (Å²) in [6.07, 6.45) is 8.32. The summed E-state index contributed by atoms with van der Waals surface area (Å²) < 4.78 is 13.0. The average Bonchev–Trinajstić information content (AvgIpc) is 2.73. The van der Waals surface area contributed by atoms with Gasteiger partial charge in [-0.15, -0.1) is 6.42 Å². The number of hydrogen-bond donors (Lipinski definition) is 0. The van der Waals surface area contributed by atoms with Gasteiger partial charge in [-0.1, -0.05) is 28.8 Å². The van der Waals surface area contributed by atoms with E-state index >= 15 is 0 Å². The van der Waals surface area contributed by atoms with Crippen molar-refractivity contribution in [3.63, 3.8) is 0 Å². The van der Waals surface area contributed by atoms with E-state index in [-0.39, 0.29) is 12.2 Å².